The molecular weight excluding hydrogens is 214 g/mol. The van der Waals surface area contributed by atoms with E-state index in [2.05, 4.69) is 15.4 Å². The van der Waals surface area contributed by atoms with Gasteiger partial charge in [0.25, 0.3) is 0 Å². The highest BCUT2D eigenvalue weighted by atomic mass is 15.3. The molecule has 2 aromatic rings. The van der Waals surface area contributed by atoms with Crippen molar-refractivity contribution in [3.63, 3.8) is 0 Å². The lowest BCUT2D eigenvalue weighted by Gasteiger charge is -2.09. The maximum absolute atomic E-state index is 5.84. The molecule has 17 heavy (non-hydrogen) atoms. The highest BCUT2D eigenvalue weighted by Gasteiger charge is 2.02. The van der Waals surface area contributed by atoms with Crippen LogP contribution in [0.2, 0.25) is 0 Å². The Bertz CT molecular complexity index is 503. The molecule has 3 N–H and O–H groups in total. The van der Waals surface area contributed by atoms with Gasteiger partial charge in [-0.1, -0.05) is 0 Å². The van der Waals surface area contributed by atoms with Crippen molar-refractivity contribution < 1.29 is 0 Å². The second-order valence-corrected chi connectivity index (χ2v) is 4.01. The first kappa shape index (κ1) is 11.4. The number of nitrogens with two attached hydrogens (primary N) is 1. The van der Waals surface area contributed by atoms with Gasteiger partial charge in [-0.25, -0.2) is 4.98 Å². The zero-order chi connectivity index (χ0) is 12.3. The maximum atomic E-state index is 5.84. The van der Waals surface area contributed by atoms with Crippen molar-refractivity contribution in [1.29, 1.82) is 0 Å². The highest BCUT2D eigenvalue weighted by molar-refractivity contribution is 5.61. The number of aryl methyl sites for hydroxylation is 2. The fourth-order valence-corrected chi connectivity index (χ4v) is 1.66. The fourth-order valence-electron chi connectivity index (χ4n) is 1.66. The third-order valence-electron chi connectivity index (χ3n) is 2.66. The van der Waals surface area contributed by atoms with Crippen LogP contribution in [0, 0.1) is 6.92 Å². The first-order valence-electron chi connectivity index (χ1n) is 5.60. The summed E-state index contributed by atoms with van der Waals surface area (Å²) >= 11 is 0. The quantitative estimate of drug-likeness (QED) is 0.833. The summed E-state index contributed by atoms with van der Waals surface area (Å²) in [6.45, 7) is 2.74. The number of hydrogen-bond donors (Lipinski definition) is 2. The Balaban J connectivity index is 1.94. The summed E-state index contributed by atoms with van der Waals surface area (Å²) in [5.74, 6) is 0.757. The molecule has 2 aromatic heterocycles. The minimum absolute atomic E-state index is 0.681. The van der Waals surface area contributed by atoms with Crippen LogP contribution in [-0.2, 0) is 13.5 Å². The van der Waals surface area contributed by atoms with E-state index >= 15 is 0 Å². The van der Waals surface area contributed by atoms with Gasteiger partial charge in [-0.2, -0.15) is 5.10 Å². The lowest BCUT2D eigenvalue weighted by Crippen LogP contribution is -2.11. The van der Waals surface area contributed by atoms with Crippen molar-refractivity contribution in [1.82, 2.24) is 14.8 Å². The number of anilines is 2. The number of pyridine rings is 1. The standard InChI is InChI=1S/C12H17N5/c1-9-3-4-11(13)12(16-9)14-7-5-10-6-8-15-17(10)2/h3-4,6,8H,5,7,13H2,1-2H3,(H,14,16). The second kappa shape index (κ2) is 4.86. The molecule has 5 heteroatoms. The SMILES string of the molecule is Cc1ccc(N)c(NCCc2ccnn2C)n1. The van der Waals surface area contributed by atoms with Gasteiger partial charge in [-0.15, -0.1) is 0 Å². The molecule has 0 aliphatic rings. The van der Waals surface area contributed by atoms with Crippen LogP contribution >= 0.6 is 0 Å². The Morgan fingerprint density at radius 3 is 2.88 bits per heavy atom. The van der Waals surface area contributed by atoms with E-state index in [9.17, 15) is 0 Å². The summed E-state index contributed by atoms with van der Waals surface area (Å²) in [5, 5.41) is 7.36. The van der Waals surface area contributed by atoms with E-state index in [1.54, 1.807) is 6.20 Å². The summed E-state index contributed by atoms with van der Waals surface area (Å²) in [5.41, 5.74) is 8.66. The molecule has 0 saturated carbocycles. The Kier molecular flexibility index (Phi) is 3.27. The van der Waals surface area contributed by atoms with Gasteiger partial charge in [0.1, 0.15) is 5.82 Å². The van der Waals surface area contributed by atoms with Gasteiger partial charge >= 0.3 is 0 Å². The van der Waals surface area contributed by atoms with Crippen LogP contribution in [0.1, 0.15) is 11.4 Å². The summed E-state index contributed by atoms with van der Waals surface area (Å²) < 4.78 is 1.87. The largest absolute Gasteiger partial charge is 0.396 e. The van der Waals surface area contributed by atoms with E-state index in [0.29, 0.717) is 5.69 Å². The molecule has 0 saturated heterocycles. The molecule has 0 radical (unpaired) electrons. The van der Waals surface area contributed by atoms with Gasteiger partial charge in [0.15, 0.2) is 0 Å². The molecule has 0 aliphatic heterocycles. The predicted octanol–water partition coefficient (Wildman–Crippen LogP) is 1.36. The van der Waals surface area contributed by atoms with E-state index in [0.717, 1.165) is 24.5 Å². The van der Waals surface area contributed by atoms with E-state index in [1.165, 1.54) is 5.69 Å². The normalized spacial score (nSPS) is 10.5. The Morgan fingerprint density at radius 1 is 1.35 bits per heavy atom. The molecule has 5 nitrogen and oxygen atoms in total. The monoisotopic (exact) mass is 231 g/mol. The molecule has 0 bridgehead atoms. The van der Waals surface area contributed by atoms with Crippen molar-refractivity contribution in [3.05, 3.63) is 35.8 Å². The Morgan fingerprint density at radius 2 is 2.18 bits per heavy atom. The van der Waals surface area contributed by atoms with Crippen LogP contribution in [-0.4, -0.2) is 21.3 Å². The molecule has 0 amide bonds. The third-order valence-corrected chi connectivity index (χ3v) is 2.66. The second-order valence-electron chi connectivity index (χ2n) is 4.01. The van der Waals surface area contributed by atoms with Crippen LogP contribution < -0.4 is 11.1 Å². The van der Waals surface area contributed by atoms with E-state index in [-0.39, 0.29) is 0 Å². The molecule has 0 atom stereocenters. The van der Waals surface area contributed by atoms with Crippen LogP contribution in [0.5, 0.6) is 0 Å². The smallest absolute Gasteiger partial charge is 0.149 e. The summed E-state index contributed by atoms with van der Waals surface area (Å²) in [6, 6.07) is 5.78. The molecule has 90 valence electrons. The molecule has 0 fully saturated rings. The van der Waals surface area contributed by atoms with Crippen molar-refractivity contribution in [2.45, 2.75) is 13.3 Å². The van der Waals surface area contributed by atoms with Gasteiger partial charge in [-0.3, -0.25) is 4.68 Å². The molecule has 0 aliphatic carbocycles. The van der Waals surface area contributed by atoms with Gasteiger partial charge in [-0.05, 0) is 25.1 Å². The van der Waals surface area contributed by atoms with Crippen LogP contribution in [0.25, 0.3) is 0 Å². The van der Waals surface area contributed by atoms with E-state index < -0.39 is 0 Å². The minimum atomic E-state index is 0.681. The number of nitrogens with one attached hydrogen (secondary N) is 1. The maximum Gasteiger partial charge on any atom is 0.149 e. The molecule has 2 heterocycles. The Hall–Kier alpha value is -2.04. The Labute approximate surface area is 101 Å². The van der Waals surface area contributed by atoms with E-state index in [1.807, 2.05) is 36.9 Å². The topological polar surface area (TPSA) is 68.8 Å². The lowest BCUT2D eigenvalue weighted by atomic mass is 10.3. The minimum Gasteiger partial charge on any atom is -0.396 e. The molecule has 0 unspecified atom stereocenters. The van der Waals surface area contributed by atoms with Gasteiger partial charge < -0.3 is 11.1 Å². The van der Waals surface area contributed by atoms with Crippen LogP contribution in [0.4, 0.5) is 11.5 Å². The predicted molar refractivity (Wildman–Crippen MR) is 68.8 cm³/mol. The van der Waals surface area contributed by atoms with Gasteiger partial charge in [0.2, 0.25) is 0 Å². The zero-order valence-corrected chi connectivity index (χ0v) is 10.1. The van der Waals surface area contributed by atoms with Crippen LogP contribution in [0.15, 0.2) is 24.4 Å². The van der Waals surface area contributed by atoms with E-state index in [4.69, 9.17) is 5.73 Å². The number of nitrogens with zero attached hydrogens (tertiary/aromatic N) is 3. The van der Waals surface area contributed by atoms with Gasteiger partial charge in [0, 0.05) is 37.6 Å². The average molecular weight is 231 g/mol. The summed E-state index contributed by atoms with van der Waals surface area (Å²) in [7, 11) is 1.94. The number of aromatic nitrogens is 3. The first-order chi connectivity index (χ1) is 8.16. The highest BCUT2D eigenvalue weighted by Crippen LogP contribution is 2.15. The first-order valence-corrected chi connectivity index (χ1v) is 5.60. The zero-order valence-electron chi connectivity index (χ0n) is 10.1. The van der Waals surface area contributed by atoms with Crippen LogP contribution in [0.3, 0.4) is 0 Å². The lowest BCUT2D eigenvalue weighted by molar-refractivity contribution is 0.711. The average Bonchev–Trinajstić information content (AvgIpc) is 2.70. The fraction of sp³-hybridized carbons (Fsp3) is 0.333. The number of nitrogen functional groups attached to an aromatic ring is 1. The van der Waals surface area contributed by atoms with Crippen molar-refractivity contribution in [2.75, 3.05) is 17.6 Å². The summed E-state index contributed by atoms with van der Waals surface area (Å²) in [6.07, 6.45) is 2.69. The number of rotatable bonds is 4. The summed E-state index contributed by atoms with van der Waals surface area (Å²) in [4.78, 5) is 4.36. The third kappa shape index (κ3) is 2.75. The molecule has 0 aromatic carbocycles. The molecule has 2 rings (SSSR count). The van der Waals surface area contributed by atoms with Crippen molar-refractivity contribution in [2.24, 2.45) is 7.05 Å². The molecule has 0 spiro atoms. The van der Waals surface area contributed by atoms with Crippen molar-refractivity contribution >= 4 is 11.5 Å². The van der Waals surface area contributed by atoms with Crippen molar-refractivity contribution in [3.8, 4) is 0 Å². The van der Waals surface area contributed by atoms with Gasteiger partial charge in [0.05, 0.1) is 5.69 Å². The molecular formula is C12H17N5. The number of hydrogen-bond acceptors (Lipinski definition) is 4.